The van der Waals surface area contributed by atoms with Crippen LogP contribution < -0.4 is 5.32 Å². The first-order chi connectivity index (χ1) is 9.24. The fraction of sp³-hybridized carbons (Fsp3) is 0.647. The molecule has 2 nitrogen and oxygen atoms in total. The molecule has 2 heteroatoms. The van der Waals surface area contributed by atoms with E-state index in [2.05, 4.69) is 48.3 Å². The lowest BCUT2D eigenvalue weighted by molar-refractivity contribution is 0.0895. The van der Waals surface area contributed by atoms with Gasteiger partial charge in [0.2, 0.25) is 0 Å². The molecule has 2 aliphatic heterocycles. The number of hydrogen-bond acceptors (Lipinski definition) is 2. The van der Waals surface area contributed by atoms with Gasteiger partial charge in [-0.1, -0.05) is 30.7 Å². The van der Waals surface area contributed by atoms with Crippen LogP contribution in [0.5, 0.6) is 0 Å². The van der Waals surface area contributed by atoms with E-state index < -0.39 is 0 Å². The summed E-state index contributed by atoms with van der Waals surface area (Å²) in [6.07, 6.45) is 5.33. The number of hydrogen-bond donors (Lipinski definition) is 1. The first-order valence-electron chi connectivity index (χ1n) is 7.80. The van der Waals surface area contributed by atoms with Gasteiger partial charge in [0.15, 0.2) is 0 Å². The van der Waals surface area contributed by atoms with Crippen LogP contribution in [0, 0.1) is 0 Å². The maximum Gasteiger partial charge on any atom is 0.0238 e. The Balaban J connectivity index is 1.65. The molecule has 1 aromatic rings. The molecule has 3 unspecified atom stereocenters. The maximum absolute atomic E-state index is 3.72. The molecule has 0 aromatic heterocycles. The van der Waals surface area contributed by atoms with Gasteiger partial charge in [-0.3, -0.25) is 4.90 Å². The number of benzene rings is 1. The van der Waals surface area contributed by atoms with Crippen molar-refractivity contribution < 1.29 is 0 Å². The third-order valence-electron chi connectivity index (χ3n) is 4.97. The molecule has 2 aliphatic rings. The molecule has 1 saturated heterocycles. The lowest BCUT2D eigenvalue weighted by Gasteiger charge is -2.42. The minimum absolute atomic E-state index is 0.623. The summed E-state index contributed by atoms with van der Waals surface area (Å²) in [4.78, 5) is 2.72. The van der Waals surface area contributed by atoms with E-state index in [4.69, 9.17) is 0 Å². The van der Waals surface area contributed by atoms with Crippen LogP contribution >= 0.6 is 0 Å². The van der Waals surface area contributed by atoms with Crippen LogP contribution in [0.15, 0.2) is 24.3 Å². The van der Waals surface area contributed by atoms with E-state index in [0.29, 0.717) is 6.04 Å². The molecule has 0 bridgehead atoms. The van der Waals surface area contributed by atoms with E-state index in [1.54, 1.807) is 5.56 Å². The molecule has 19 heavy (non-hydrogen) atoms. The highest BCUT2D eigenvalue weighted by Crippen LogP contribution is 2.24. The van der Waals surface area contributed by atoms with Crippen LogP contribution in [0.2, 0.25) is 0 Å². The Morgan fingerprint density at radius 2 is 1.79 bits per heavy atom. The molecule has 0 spiro atoms. The molecular weight excluding hydrogens is 232 g/mol. The highest BCUT2D eigenvalue weighted by Gasteiger charge is 2.28. The molecule has 1 aromatic carbocycles. The summed E-state index contributed by atoms with van der Waals surface area (Å²) in [6, 6.07) is 11.0. The zero-order valence-corrected chi connectivity index (χ0v) is 12.2. The van der Waals surface area contributed by atoms with Crippen LogP contribution in [0.4, 0.5) is 0 Å². The quantitative estimate of drug-likeness (QED) is 0.877. The van der Waals surface area contributed by atoms with Crippen LogP contribution in [0.25, 0.3) is 0 Å². The van der Waals surface area contributed by atoms with Crippen molar-refractivity contribution in [3.63, 3.8) is 0 Å². The van der Waals surface area contributed by atoms with Gasteiger partial charge in [-0.05, 0) is 44.2 Å². The molecule has 3 rings (SSSR count). The molecule has 1 fully saturated rings. The second kappa shape index (κ2) is 5.64. The van der Waals surface area contributed by atoms with E-state index in [1.165, 1.54) is 37.8 Å². The molecular formula is C17H26N2. The van der Waals surface area contributed by atoms with Gasteiger partial charge in [0.05, 0.1) is 0 Å². The Labute approximate surface area is 117 Å². The number of fused-ring (bicyclic) bond motifs is 1. The smallest absolute Gasteiger partial charge is 0.0238 e. The lowest BCUT2D eigenvalue weighted by Crippen LogP contribution is -2.52. The van der Waals surface area contributed by atoms with Crippen molar-refractivity contribution in [3.05, 3.63) is 35.4 Å². The largest absolute Gasteiger partial charge is 0.308 e. The number of piperidine rings is 1. The number of nitrogens with zero attached hydrogens (tertiary/aromatic N) is 1. The van der Waals surface area contributed by atoms with Crippen molar-refractivity contribution in [2.75, 3.05) is 6.54 Å². The fourth-order valence-corrected chi connectivity index (χ4v) is 3.74. The zero-order valence-electron chi connectivity index (χ0n) is 12.2. The van der Waals surface area contributed by atoms with Gasteiger partial charge >= 0.3 is 0 Å². The van der Waals surface area contributed by atoms with Crippen molar-refractivity contribution in [1.82, 2.24) is 10.2 Å². The normalized spacial score (nSPS) is 32.0. The van der Waals surface area contributed by atoms with E-state index in [-0.39, 0.29) is 0 Å². The second-order valence-corrected chi connectivity index (χ2v) is 6.38. The Bertz CT molecular complexity index is 419. The molecule has 2 heterocycles. The van der Waals surface area contributed by atoms with Gasteiger partial charge in [-0.2, -0.15) is 0 Å². The van der Waals surface area contributed by atoms with Crippen LogP contribution in [-0.2, 0) is 13.0 Å². The van der Waals surface area contributed by atoms with Gasteiger partial charge < -0.3 is 5.32 Å². The van der Waals surface area contributed by atoms with Gasteiger partial charge in [0.25, 0.3) is 0 Å². The van der Waals surface area contributed by atoms with E-state index in [0.717, 1.165) is 18.6 Å². The van der Waals surface area contributed by atoms with Gasteiger partial charge in [0, 0.05) is 31.2 Å². The number of rotatable bonds is 2. The predicted molar refractivity (Wildman–Crippen MR) is 80.3 cm³/mol. The average molecular weight is 258 g/mol. The summed E-state index contributed by atoms with van der Waals surface area (Å²) >= 11 is 0. The van der Waals surface area contributed by atoms with Crippen molar-refractivity contribution in [3.8, 4) is 0 Å². The average Bonchev–Trinajstić information content (AvgIpc) is 2.43. The first-order valence-corrected chi connectivity index (χ1v) is 7.80. The molecule has 0 radical (unpaired) electrons. The zero-order chi connectivity index (χ0) is 13.2. The fourth-order valence-electron chi connectivity index (χ4n) is 3.74. The highest BCUT2D eigenvalue weighted by atomic mass is 15.2. The van der Waals surface area contributed by atoms with Crippen molar-refractivity contribution in [2.45, 2.75) is 64.2 Å². The third kappa shape index (κ3) is 2.85. The van der Waals surface area contributed by atoms with E-state index in [1.807, 2.05) is 0 Å². The van der Waals surface area contributed by atoms with Crippen molar-refractivity contribution in [1.29, 1.82) is 0 Å². The minimum Gasteiger partial charge on any atom is -0.308 e. The van der Waals surface area contributed by atoms with Crippen LogP contribution in [0.1, 0.15) is 44.2 Å². The summed E-state index contributed by atoms with van der Waals surface area (Å²) in [6.45, 7) is 7.03. The van der Waals surface area contributed by atoms with Crippen molar-refractivity contribution >= 4 is 0 Å². The van der Waals surface area contributed by atoms with Gasteiger partial charge in [-0.15, -0.1) is 0 Å². The monoisotopic (exact) mass is 258 g/mol. The molecule has 3 atom stereocenters. The number of nitrogens with one attached hydrogen (secondary N) is 1. The molecule has 104 valence electrons. The van der Waals surface area contributed by atoms with Crippen molar-refractivity contribution in [2.24, 2.45) is 0 Å². The molecule has 0 amide bonds. The van der Waals surface area contributed by atoms with Gasteiger partial charge in [-0.25, -0.2) is 0 Å². The minimum atomic E-state index is 0.623. The predicted octanol–water partition coefficient (Wildman–Crippen LogP) is 2.96. The van der Waals surface area contributed by atoms with Crippen LogP contribution in [0.3, 0.4) is 0 Å². The Kier molecular flexibility index (Phi) is 3.90. The summed E-state index contributed by atoms with van der Waals surface area (Å²) in [5.41, 5.74) is 3.03. The highest BCUT2D eigenvalue weighted by molar-refractivity contribution is 5.30. The maximum atomic E-state index is 3.72. The topological polar surface area (TPSA) is 15.3 Å². The molecule has 0 aliphatic carbocycles. The molecule has 0 saturated carbocycles. The molecule has 1 N–H and O–H groups in total. The summed E-state index contributed by atoms with van der Waals surface area (Å²) in [5.74, 6) is 0. The van der Waals surface area contributed by atoms with E-state index in [9.17, 15) is 0 Å². The van der Waals surface area contributed by atoms with Gasteiger partial charge in [0.1, 0.15) is 0 Å². The van der Waals surface area contributed by atoms with E-state index >= 15 is 0 Å². The first kappa shape index (κ1) is 13.1. The second-order valence-electron chi connectivity index (χ2n) is 6.38. The standard InChI is InChI=1S/C17H26N2/c1-13-6-5-7-14(2)19(13)12-17-10-15-8-3-4-9-16(15)11-18-17/h3-4,8-9,13-14,17-18H,5-7,10-12H2,1-2H3. The Hall–Kier alpha value is -0.860. The summed E-state index contributed by atoms with van der Waals surface area (Å²) in [5, 5.41) is 3.72. The summed E-state index contributed by atoms with van der Waals surface area (Å²) in [7, 11) is 0. The third-order valence-corrected chi connectivity index (χ3v) is 4.97. The Morgan fingerprint density at radius 1 is 1.11 bits per heavy atom. The number of likely N-dealkylation sites (tertiary alicyclic amines) is 1. The van der Waals surface area contributed by atoms with Crippen LogP contribution in [-0.4, -0.2) is 29.6 Å². The Morgan fingerprint density at radius 3 is 2.53 bits per heavy atom. The lowest BCUT2D eigenvalue weighted by atomic mass is 9.92. The summed E-state index contributed by atoms with van der Waals surface area (Å²) < 4.78 is 0. The SMILES string of the molecule is CC1CCCC(C)N1CC1Cc2ccccc2CN1.